The van der Waals surface area contributed by atoms with E-state index in [9.17, 15) is 4.79 Å². The lowest BCUT2D eigenvalue weighted by atomic mass is 9.78. The molecule has 0 unspecified atom stereocenters. The van der Waals surface area contributed by atoms with Gasteiger partial charge in [0.25, 0.3) is 0 Å². The van der Waals surface area contributed by atoms with Crippen molar-refractivity contribution >= 4 is 34.5 Å². The number of pyridine rings is 2. The zero-order valence-electron chi connectivity index (χ0n) is 23.5. The Kier molecular flexibility index (Phi) is 8.17. The van der Waals surface area contributed by atoms with Gasteiger partial charge in [-0.15, -0.1) is 0 Å². The molecule has 5 heterocycles. The van der Waals surface area contributed by atoms with Gasteiger partial charge in [-0.1, -0.05) is 30.4 Å². The molecule has 41 heavy (non-hydrogen) atoms. The van der Waals surface area contributed by atoms with Crippen LogP contribution >= 0.6 is 0 Å². The molecule has 0 saturated carbocycles. The third-order valence-electron chi connectivity index (χ3n) is 7.81. The number of carbonyl (C=O) groups is 1. The van der Waals surface area contributed by atoms with Crippen LogP contribution < -0.4 is 20.9 Å². The highest BCUT2D eigenvalue weighted by Crippen LogP contribution is 2.37. The maximum absolute atomic E-state index is 13.3. The molecule has 6 rings (SSSR count). The summed E-state index contributed by atoms with van der Waals surface area (Å²) in [5, 5.41) is 10.9. The van der Waals surface area contributed by atoms with Crippen molar-refractivity contribution in [1.29, 1.82) is 0 Å². The number of piperazine rings is 2. The van der Waals surface area contributed by atoms with E-state index in [-0.39, 0.29) is 5.97 Å². The number of fused-ring (bicyclic) bond motifs is 1. The van der Waals surface area contributed by atoms with Crippen LogP contribution in [0.4, 0.5) is 17.6 Å². The minimum atomic E-state index is -0.991. The molecule has 11 heteroatoms. The summed E-state index contributed by atoms with van der Waals surface area (Å²) >= 11 is 0. The van der Waals surface area contributed by atoms with Crippen LogP contribution in [0.3, 0.4) is 0 Å². The lowest BCUT2D eigenvalue weighted by Crippen LogP contribution is -2.44. The molecular formula is C30H37N9O2. The van der Waals surface area contributed by atoms with Crippen LogP contribution in [0.5, 0.6) is 0 Å². The van der Waals surface area contributed by atoms with Gasteiger partial charge in [-0.05, 0) is 31.0 Å². The number of anilines is 3. The van der Waals surface area contributed by atoms with Gasteiger partial charge in [0.15, 0.2) is 5.82 Å². The second kappa shape index (κ2) is 12.3. The van der Waals surface area contributed by atoms with Crippen molar-refractivity contribution < 1.29 is 9.53 Å². The van der Waals surface area contributed by atoms with E-state index in [1.807, 2.05) is 49.6 Å². The summed E-state index contributed by atoms with van der Waals surface area (Å²) in [6, 6.07) is 5.99. The number of allylic oxidation sites excluding steroid dienone is 3. The van der Waals surface area contributed by atoms with Gasteiger partial charge in [0.1, 0.15) is 16.7 Å². The van der Waals surface area contributed by atoms with Crippen molar-refractivity contribution in [3.05, 3.63) is 66.2 Å². The van der Waals surface area contributed by atoms with Crippen molar-refractivity contribution in [3.8, 4) is 0 Å². The van der Waals surface area contributed by atoms with E-state index in [0.29, 0.717) is 30.5 Å². The predicted octanol–water partition coefficient (Wildman–Crippen LogP) is 2.30. The lowest BCUT2D eigenvalue weighted by molar-refractivity contribution is -0.148. The number of aromatic nitrogens is 4. The first kappa shape index (κ1) is 27.3. The van der Waals surface area contributed by atoms with Gasteiger partial charge in [0.2, 0.25) is 5.95 Å². The van der Waals surface area contributed by atoms with Gasteiger partial charge in [-0.25, -0.2) is 19.9 Å². The third kappa shape index (κ3) is 5.92. The van der Waals surface area contributed by atoms with E-state index in [2.05, 4.69) is 41.8 Å². The molecule has 0 aromatic carbocycles. The van der Waals surface area contributed by atoms with Crippen LogP contribution in [0.25, 0.3) is 10.9 Å². The van der Waals surface area contributed by atoms with E-state index in [0.717, 1.165) is 75.6 Å². The Bertz CT molecular complexity index is 1430. The molecule has 0 spiro atoms. The SMILES string of the molecule is CCOC(=O)[C@@]1(c2cc3cnc(Nc4ccc(CN5CCNCC5)cn4)nc3c(N3CCNCC3)n2)C=CC=CC1. The minimum Gasteiger partial charge on any atom is -0.465 e. The molecule has 1 aliphatic carbocycles. The van der Waals surface area contributed by atoms with Crippen LogP contribution in [0.1, 0.15) is 24.6 Å². The number of rotatable bonds is 8. The zero-order valence-corrected chi connectivity index (χ0v) is 23.5. The van der Waals surface area contributed by atoms with Crippen molar-refractivity contribution in [2.75, 3.05) is 69.2 Å². The van der Waals surface area contributed by atoms with Crippen LogP contribution in [0.2, 0.25) is 0 Å². The van der Waals surface area contributed by atoms with E-state index in [4.69, 9.17) is 14.7 Å². The van der Waals surface area contributed by atoms with Crippen LogP contribution in [-0.2, 0) is 21.5 Å². The molecular weight excluding hydrogens is 518 g/mol. The minimum absolute atomic E-state index is 0.301. The zero-order chi connectivity index (χ0) is 28.1. The first-order chi connectivity index (χ1) is 20.1. The highest BCUT2D eigenvalue weighted by molar-refractivity contribution is 5.93. The average Bonchev–Trinajstić information content (AvgIpc) is 3.03. The number of esters is 1. The number of nitrogens with zero attached hydrogens (tertiary/aromatic N) is 6. The lowest BCUT2D eigenvalue weighted by Gasteiger charge is -2.32. The summed E-state index contributed by atoms with van der Waals surface area (Å²) in [5.41, 5.74) is 1.56. The first-order valence-electron chi connectivity index (χ1n) is 14.5. The van der Waals surface area contributed by atoms with Crippen LogP contribution in [0, 0.1) is 0 Å². The van der Waals surface area contributed by atoms with Gasteiger partial charge in [-0.2, -0.15) is 0 Å². The number of carbonyl (C=O) groups excluding carboxylic acids is 1. The Labute approximate surface area is 240 Å². The number of ether oxygens (including phenoxy) is 1. The van der Waals surface area contributed by atoms with Gasteiger partial charge >= 0.3 is 5.97 Å². The maximum atomic E-state index is 13.3. The van der Waals surface area contributed by atoms with Gasteiger partial charge < -0.3 is 25.6 Å². The Morgan fingerprint density at radius 1 is 1.02 bits per heavy atom. The Morgan fingerprint density at radius 3 is 2.54 bits per heavy atom. The number of nitrogens with one attached hydrogen (secondary N) is 3. The second-order valence-corrected chi connectivity index (χ2v) is 10.6. The fraction of sp³-hybridized carbons (Fsp3) is 0.433. The fourth-order valence-electron chi connectivity index (χ4n) is 5.57. The fourth-order valence-corrected chi connectivity index (χ4v) is 5.57. The smallest absolute Gasteiger partial charge is 0.322 e. The summed E-state index contributed by atoms with van der Waals surface area (Å²) in [5.74, 6) is 1.58. The van der Waals surface area contributed by atoms with E-state index in [1.54, 1.807) is 6.20 Å². The molecule has 0 bridgehead atoms. The van der Waals surface area contributed by atoms with E-state index >= 15 is 0 Å². The third-order valence-corrected chi connectivity index (χ3v) is 7.81. The molecule has 3 aromatic heterocycles. The molecule has 1 atom stereocenters. The number of hydrogen-bond donors (Lipinski definition) is 3. The average molecular weight is 556 g/mol. The first-order valence-corrected chi connectivity index (χ1v) is 14.5. The van der Waals surface area contributed by atoms with Crippen LogP contribution in [0.15, 0.2) is 54.9 Å². The molecule has 2 aliphatic heterocycles. The number of hydrogen-bond acceptors (Lipinski definition) is 11. The molecule has 2 saturated heterocycles. The predicted molar refractivity (Wildman–Crippen MR) is 159 cm³/mol. The van der Waals surface area contributed by atoms with Crippen LogP contribution in [-0.4, -0.2) is 89.8 Å². The summed E-state index contributed by atoms with van der Waals surface area (Å²) in [7, 11) is 0. The molecule has 3 aliphatic rings. The topological polar surface area (TPSA) is 120 Å². The molecule has 2 fully saturated rings. The normalized spacial score (nSPS) is 21.2. The quantitative estimate of drug-likeness (QED) is 0.355. The summed E-state index contributed by atoms with van der Waals surface area (Å²) in [6.45, 7) is 10.4. The van der Waals surface area contributed by atoms with Crippen molar-refractivity contribution in [2.45, 2.75) is 25.3 Å². The van der Waals surface area contributed by atoms with Crippen molar-refractivity contribution in [2.24, 2.45) is 0 Å². The highest BCUT2D eigenvalue weighted by Gasteiger charge is 2.41. The maximum Gasteiger partial charge on any atom is 0.322 e. The summed E-state index contributed by atoms with van der Waals surface area (Å²) in [4.78, 5) is 37.2. The molecule has 3 aromatic rings. The van der Waals surface area contributed by atoms with E-state index in [1.165, 1.54) is 5.56 Å². The Balaban J connectivity index is 1.32. The monoisotopic (exact) mass is 555 g/mol. The van der Waals surface area contributed by atoms with Gasteiger partial charge in [0.05, 0.1) is 12.3 Å². The molecule has 0 amide bonds. The standard InChI is InChI=1S/C30H37N9O2/c1-2-41-28(40)30(8-4-3-5-9-30)24-18-23-20-34-29(37-26(23)27(35-24)39-16-12-32-13-17-39)36-25-7-6-22(19-33-25)21-38-14-10-31-11-15-38/h3-8,18-20,31-32H,2,9-17,21H2,1H3,(H,33,34,36,37)/t30-/m0/s1. The van der Waals surface area contributed by atoms with Gasteiger partial charge in [-0.3, -0.25) is 9.69 Å². The Morgan fingerprint density at radius 2 is 1.83 bits per heavy atom. The summed E-state index contributed by atoms with van der Waals surface area (Å²) < 4.78 is 5.53. The van der Waals surface area contributed by atoms with Crippen molar-refractivity contribution in [1.82, 2.24) is 35.5 Å². The van der Waals surface area contributed by atoms with E-state index < -0.39 is 5.41 Å². The van der Waals surface area contributed by atoms with Gasteiger partial charge in [0, 0.05) is 76.7 Å². The largest absolute Gasteiger partial charge is 0.465 e. The molecule has 11 nitrogen and oxygen atoms in total. The molecule has 214 valence electrons. The second-order valence-electron chi connectivity index (χ2n) is 10.6. The molecule has 0 radical (unpaired) electrons. The Hall–Kier alpha value is -3.93. The molecule has 3 N–H and O–H groups in total. The van der Waals surface area contributed by atoms with Crippen molar-refractivity contribution in [3.63, 3.8) is 0 Å². The summed E-state index contributed by atoms with van der Waals surface area (Å²) in [6.07, 6.45) is 11.9. The highest BCUT2D eigenvalue weighted by atomic mass is 16.5.